The molecule has 2 aliphatic rings. The summed E-state index contributed by atoms with van der Waals surface area (Å²) in [5.74, 6) is 0.460. The van der Waals surface area contributed by atoms with Gasteiger partial charge in [0.2, 0.25) is 11.8 Å². The van der Waals surface area contributed by atoms with E-state index in [9.17, 15) is 14.0 Å². The van der Waals surface area contributed by atoms with Gasteiger partial charge in [-0.1, -0.05) is 12.1 Å². The van der Waals surface area contributed by atoms with Crippen LogP contribution in [0.1, 0.15) is 44.6 Å². The molecule has 0 radical (unpaired) electrons. The second-order valence-corrected chi connectivity index (χ2v) is 8.39. The van der Waals surface area contributed by atoms with Gasteiger partial charge in [0.05, 0.1) is 6.54 Å². The van der Waals surface area contributed by atoms with E-state index in [1.807, 2.05) is 17.9 Å². The number of likely N-dealkylation sites (tertiary alicyclic amines) is 2. The zero-order valence-corrected chi connectivity index (χ0v) is 17.6. The number of hydrogen-bond donors (Lipinski definition) is 0. The molecule has 29 heavy (non-hydrogen) atoms. The van der Waals surface area contributed by atoms with Crippen LogP contribution in [0.3, 0.4) is 0 Å². The highest BCUT2D eigenvalue weighted by molar-refractivity contribution is 5.85. The number of nitrogens with zero attached hydrogens (tertiary/aromatic N) is 3. The van der Waals surface area contributed by atoms with E-state index in [1.54, 1.807) is 17.0 Å². The van der Waals surface area contributed by atoms with Crippen molar-refractivity contribution in [3.05, 3.63) is 35.6 Å². The Morgan fingerprint density at radius 1 is 1.24 bits per heavy atom. The lowest BCUT2D eigenvalue weighted by molar-refractivity contribution is -0.142. The third-order valence-electron chi connectivity index (χ3n) is 6.17. The number of halogens is 1. The topological polar surface area (TPSA) is 43.9 Å². The normalized spacial score (nSPS) is 20.7. The lowest BCUT2D eigenvalue weighted by Gasteiger charge is -2.36. The predicted octanol–water partition coefficient (Wildman–Crippen LogP) is 2.94. The van der Waals surface area contributed by atoms with E-state index in [-0.39, 0.29) is 24.2 Å². The summed E-state index contributed by atoms with van der Waals surface area (Å²) in [6, 6.07) is 6.83. The summed E-state index contributed by atoms with van der Waals surface area (Å²) in [6.07, 6.45) is 5.61. The summed E-state index contributed by atoms with van der Waals surface area (Å²) >= 11 is 0. The molecule has 5 nitrogen and oxygen atoms in total. The van der Waals surface area contributed by atoms with E-state index in [2.05, 4.69) is 4.90 Å². The van der Waals surface area contributed by atoms with Crippen LogP contribution in [0.4, 0.5) is 4.39 Å². The highest BCUT2D eigenvalue weighted by Crippen LogP contribution is 2.19. The number of piperidine rings is 2. The molecule has 2 fully saturated rings. The van der Waals surface area contributed by atoms with Gasteiger partial charge in [-0.3, -0.25) is 9.59 Å². The van der Waals surface area contributed by atoms with Gasteiger partial charge in [-0.15, -0.1) is 0 Å². The fraction of sp³-hybridized carbons (Fsp3) is 0.652. The molecule has 160 valence electrons. The molecule has 6 heteroatoms. The van der Waals surface area contributed by atoms with Gasteiger partial charge in [-0.25, -0.2) is 4.39 Å². The minimum Gasteiger partial charge on any atom is -0.341 e. The second-order valence-electron chi connectivity index (χ2n) is 8.39. The third-order valence-corrected chi connectivity index (χ3v) is 6.17. The molecule has 2 aliphatic heterocycles. The molecule has 1 aromatic carbocycles. The van der Waals surface area contributed by atoms with Crippen molar-refractivity contribution in [2.75, 3.05) is 45.8 Å². The number of carbonyl (C=O) groups is 2. The van der Waals surface area contributed by atoms with Gasteiger partial charge in [-0.05, 0) is 69.2 Å². The monoisotopic (exact) mass is 403 g/mol. The van der Waals surface area contributed by atoms with Crippen molar-refractivity contribution >= 4 is 11.8 Å². The molecule has 0 saturated carbocycles. The quantitative estimate of drug-likeness (QED) is 0.670. The Morgan fingerprint density at radius 3 is 2.86 bits per heavy atom. The molecule has 1 aromatic rings. The number of benzene rings is 1. The van der Waals surface area contributed by atoms with E-state index in [0.717, 1.165) is 63.8 Å². The molecular weight excluding hydrogens is 369 g/mol. The molecule has 2 saturated heterocycles. The minimum absolute atomic E-state index is 0.0691. The Bertz CT molecular complexity index is 696. The van der Waals surface area contributed by atoms with Crippen molar-refractivity contribution in [3.63, 3.8) is 0 Å². The summed E-state index contributed by atoms with van der Waals surface area (Å²) in [5.41, 5.74) is 1.03. The number of amides is 2. The molecule has 0 N–H and O–H groups in total. The van der Waals surface area contributed by atoms with Gasteiger partial charge in [0.25, 0.3) is 0 Å². The summed E-state index contributed by atoms with van der Waals surface area (Å²) in [6.45, 7) is 7.34. The van der Waals surface area contributed by atoms with Crippen LogP contribution in [-0.2, 0) is 16.0 Å². The van der Waals surface area contributed by atoms with Crippen LogP contribution in [-0.4, -0.2) is 72.3 Å². The van der Waals surface area contributed by atoms with Crippen molar-refractivity contribution in [1.82, 2.24) is 14.7 Å². The fourth-order valence-electron chi connectivity index (χ4n) is 4.49. The van der Waals surface area contributed by atoms with Gasteiger partial charge < -0.3 is 14.7 Å². The average molecular weight is 404 g/mol. The predicted molar refractivity (Wildman–Crippen MR) is 112 cm³/mol. The van der Waals surface area contributed by atoms with Crippen LogP contribution in [0, 0.1) is 11.7 Å². The van der Waals surface area contributed by atoms with Crippen LogP contribution >= 0.6 is 0 Å². The summed E-state index contributed by atoms with van der Waals surface area (Å²) < 4.78 is 13.4. The first kappa shape index (κ1) is 21.8. The van der Waals surface area contributed by atoms with Crippen LogP contribution in [0.5, 0.6) is 0 Å². The van der Waals surface area contributed by atoms with Gasteiger partial charge in [0, 0.05) is 39.1 Å². The number of rotatable bonds is 8. The molecule has 0 spiro atoms. The zero-order valence-electron chi connectivity index (χ0n) is 17.6. The van der Waals surface area contributed by atoms with Crippen LogP contribution in [0.2, 0.25) is 0 Å². The zero-order chi connectivity index (χ0) is 20.6. The molecule has 2 heterocycles. The van der Waals surface area contributed by atoms with E-state index < -0.39 is 0 Å². The maximum absolute atomic E-state index is 13.4. The third kappa shape index (κ3) is 6.53. The highest BCUT2D eigenvalue weighted by atomic mass is 19.1. The molecule has 2 amide bonds. The van der Waals surface area contributed by atoms with E-state index >= 15 is 0 Å². The van der Waals surface area contributed by atoms with Crippen molar-refractivity contribution in [2.24, 2.45) is 5.92 Å². The van der Waals surface area contributed by atoms with Crippen molar-refractivity contribution in [1.29, 1.82) is 0 Å². The number of hydrogen-bond acceptors (Lipinski definition) is 3. The number of likely N-dealkylation sites (N-methyl/N-ethyl adjacent to an activating group) is 1. The van der Waals surface area contributed by atoms with Gasteiger partial charge in [0.1, 0.15) is 5.82 Å². The Kier molecular flexibility index (Phi) is 8.04. The molecule has 0 unspecified atom stereocenters. The molecule has 1 atom stereocenters. The largest absolute Gasteiger partial charge is 0.341 e. The van der Waals surface area contributed by atoms with Gasteiger partial charge in [-0.2, -0.15) is 0 Å². The molecular formula is C23H34FN3O2. The molecule has 0 aliphatic carbocycles. The van der Waals surface area contributed by atoms with Crippen LogP contribution < -0.4 is 0 Å². The smallest absolute Gasteiger partial charge is 0.242 e. The Labute approximate surface area is 173 Å². The summed E-state index contributed by atoms with van der Waals surface area (Å²) in [4.78, 5) is 30.9. The molecule has 0 aromatic heterocycles. The fourth-order valence-corrected chi connectivity index (χ4v) is 4.49. The maximum Gasteiger partial charge on any atom is 0.242 e. The highest BCUT2D eigenvalue weighted by Gasteiger charge is 2.26. The Hall–Kier alpha value is -1.95. The van der Waals surface area contributed by atoms with Crippen molar-refractivity contribution in [3.8, 4) is 0 Å². The molecule has 3 rings (SSSR count). The van der Waals surface area contributed by atoms with E-state index in [0.29, 0.717) is 25.4 Å². The van der Waals surface area contributed by atoms with Crippen LogP contribution in [0.25, 0.3) is 0 Å². The van der Waals surface area contributed by atoms with Crippen LogP contribution in [0.15, 0.2) is 24.3 Å². The van der Waals surface area contributed by atoms with Gasteiger partial charge >= 0.3 is 0 Å². The number of carbonyl (C=O) groups excluding carboxylic acids is 2. The lowest BCUT2D eigenvalue weighted by atomic mass is 9.96. The summed E-state index contributed by atoms with van der Waals surface area (Å²) in [7, 11) is 0. The van der Waals surface area contributed by atoms with E-state index in [4.69, 9.17) is 0 Å². The second kappa shape index (κ2) is 10.7. The van der Waals surface area contributed by atoms with Crippen molar-refractivity contribution in [2.45, 2.75) is 45.4 Å². The first-order chi connectivity index (χ1) is 14.0. The van der Waals surface area contributed by atoms with Gasteiger partial charge in [0.15, 0.2) is 0 Å². The minimum atomic E-state index is -0.177. The SMILES string of the molecule is CCN(C[C@H]1CCCN(CCc2cccc(F)c2)C1)C(=O)CN1CCCCC1=O. The van der Waals surface area contributed by atoms with E-state index in [1.165, 1.54) is 6.07 Å². The first-order valence-electron chi connectivity index (χ1n) is 11.1. The van der Waals surface area contributed by atoms with Crippen molar-refractivity contribution < 1.29 is 14.0 Å². The Morgan fingerprint density at radius 2 is 2.10 bits per heavy atom. The lowest BCUT2D eigenvalue weighted by Crippen LogP contribution is -2.48. The average Bonchev–Trinajstić information content (AvgIpc) is 2.72. The standard InChI is InChI=1S/C23H34FN3O2/c1-2-26(23(29)18-27-13-4-3-10-22(27)28)17-20-8-6-12-25(16-20)14-11-19-7-5-9-21(24)15-19/h5,7,9,15,20H,2-4,6,8,10-14,16-18H2,1H3/t20-/m0/s1. The molecule has 0 bridgehead atoms. The maximum atomic E-state index is 13.4. The Balaban J connectivity index is 1.47. The first-order valence-corrected chi connectivity index (χ1v) is 11.1. The summed E-state index contributed by atoms with van der Waals surface area (Å²) in [5, 5.41) is 0.